The van der Waals surface area contributed by atoms with Crippen molar-refractivity contribution in [2.24, 2.45) is 23.2 Å². The Morgan fingerprint density at radius 1 is 1.14 bits per heavy atom. The standard InChI is InChI=1S/C17H23NO3S/c1-17(2)11-8-14(17)13-10-16(19)18(15(13)9-11)22(20,21)12-6-4-3-5-7-12/h3-7,11,13-16,19H,8-10H2,1-2H3. The fraction of sp³-hybridized carbons (Fsp3) is 0.647. The molecular weight excluding hydrogens is 298 g/mol. The van der Waals surface area contributed by atoms with Gasteiger partial charge in [-0.1, -0.05) is 32.0 Å². The molecule has 4 nitrogen and oxygen atoms in total. The number of hydrogen-bond donors (Lipinski definition) is 1. The highest BCUT2D eigenvalue weighted by molar-refractivity contribution is 7.89. The molecule has 5 rings (SSSR count). The largest absolute Gasteiger partial charge is 0.377 e. The Labute approximate surface area is 132 Å². The van der Waals surface area contributed by atoms with Crippen LogP contribution in [0.3, 0.4) is 0 Å². The van der Waals surface area contributed by atoms with Gasteiger partial charge in [0.15, 0.2) is 0 Å². The summed E-state index contributed by atoms with van der Waals surface area (Å²) in [5, 5.41) is 10.5. The smallest absolute Gasteiger partial charge is 0.245 e. The Morgan fingerprint density at radius 2 is 1.82 bits per heavy atom. The minimum atomic E-state index is -3.62. The van der Waals surface area contributed by atoms with Crippen molar-refractivity contribution in [3.63, 3.8) is 0 Å². The SMILES string of the molecule is CC1(C)C2CC3C(CC(O)N3S(=O)(=O)c3ccccc3)C1C2. The summed E-state index contributed by atoms with van der Waals surface area (Å²) in [7, 11) is -3.62. The third-order valence-electron chi connectivity index (χ3n) is 6.51. The minimum absolute atomic E-state index is 0.0306. The summed E-state index contributed by atoms with van der Waals surface area (Å²) >= 11 is 0. The van der Waals surface area contributed by atoms with E-state index in [0.29, 0.717) is 29.6 Å². The molecule has 1 N–H and O–H groups in total. The van der Waals surface area contributed by atoms with Crippen LogP contribution in [-0.4, -0.2) is 30.1 Å². The number of aliphatic hydroxyl groups is 1. The summed E-state index contributed by atoms with van der Waals surface area (Å²) in [4.78, 5) is 0.285. The minimum Gasteiger partial charge on any atom is -0.377 e. The lowest BCUT2D eigenvalue weighted by Crippen LogP contribution is -2.59. The number of sulfonamides is 1. The molecule has 3 saturated carbocycles. The molecule has 3 aliphatic carbocycles. The van der Waals surface area contributed by atoms with Crippen molar-refractivity contribution in [1.29, 1.82) is 0 Å². The van der Waals surface area contributed by atoms with Crippen molar-refractivity contribution in [1.82, 2.24) is 4.31 Å². The van der Waals surface area contributed by atoms with Gasteiger partial charge in [0.05, 0.1) is 4.90 Å². The van der Waals surface area contributed by atoms with E-state index in [4.69, 9.17) is 0 Å². The molecule has 0 radical (unpaired) electrons. The van der Waals surface area contributed by atoms with Crippen LogP contribution in [0.2, 0.25) is 0 Å². The monoisotopic (exact) mass is 321 g/mol. The molecule has 2 bridgehead atoms. The van der Waals surface area contributed by atoms with Crippen molar-refractivity contribution < 1.29 is 13.5 Å². The Balaban J connectivity index is 1.70. The van der Waals surface area contributed by atoms with E-state index in [9.17, 15) is 13.5 Å². The van der Waals surface area contributed by atoms with Crippen molar-refractivity contribution in [2.45, 2.75) is 50.3 Å². The first-order valence-electron chi connectivity index (χ1n) is 8.10. The molecule has 5 heteroatoms. The first-order valence-corrected chi connectivity index (χ1v) is 9.54. The Hall–Kier alpha value is -0.910. The van der Waals surface area contributed by atoms with Crippen LogP contribution < -0.4 is 0 Å². The van der Waals surface area contributed by atoms with Crippen LogP contribution in [0, 0.1) is 23.2 Å². The molecule has 5 unspecified atom stereocenters. The van der Waals surface area contributed by atoms with Gasteiger partial charge < -0.3 is 5.11 Å². The lowest BCUT2D eigenvalue weighted by atomic mass is 9.44. The summed E-state index contributed by atoms with van der Waals surface area (Å²) in [6.07, 6.45) is 1.78. The Morgan fingerprint density at radius 3 is 2.45 bits per heavy atom. The van der Waals surface area contributed by atoms with Gasteiger partial charge in [0.25, 0.3) is 0 Å². The molecule has 120 valence electrons. The number of rotatable bonds is 2. The van der Waals surface area contributed by atoms with Crippen LogP contribution >= 0.6 is 0 Å². The molecule has 4 fully saturated rings. The quantitative estimate of drug-likeness (QED) is 0.910. The fourth-order valence-electron chi connectivity index (χ4n) is 5.15. The number of nitrogens with zero attached hydrogens (tertiary/aromatic N) is 1. The van der Waals surface area contributed by atoms with Crippen molar-refractivity contribution in [3.05, 3.63) is 30.3 Å². The van der Waals surface area contributed by atoms with Gasteiger partial charge in [0, 0.05) is 6.04 Å². The predicted octanol–water partition coefficient (Wildman–Crippen LogP) is 2.45. The highest BCUT2D eigenvalue weighted by atomic mass is 32.2. The summed E-state index contributed by atoms with van der Waals surface area (Å²) in [5.41, 5.74) is 0.299. The summed E-state index contributed by atoms with van der Waals surface area (Å²) < 4.78 is 27.3. The molecule has 5 atom stereocenters. The second-order valence-corrected chi connectivity index (χ2v) is 9.53. The van der Waals surface area contributed by atoms with E-state index >= 15 is 0 Å². The molecule has 1 heterocycles. The van der Waals surface area contributed by atoms with Crippen LogP contribution in [0.1, 0.15) is 33.1 Å². The first-order chi connectivity index (χ1) is 10.3. The van der Waals surface area contributed by atoms with Gasteiger partial charge in [-0.05, 0) is 54.6 Å². The van der Waals surface area contributed by atoms with Gasteiger partial charge in [0.1, 0.15) is 6.23 Å². The summed E-state index contributed by atoms with van der Waals surface area (Å²) in [5.74, 6) is 1.42. The topological polar surface area (TPSA) is 57.6 Å². The van der Waals surface area contributed by atoms with E-state index < -0.39 is 16.3 Å². The van der Waals surface area contributed by atoms with Crippen LogP contribution in [0.5, 0.6) is 0 Å². The van der Waals surface area contributed by atoms with Gasteiger partial charge in [-0.25, -0.2) is 8.42 Å². The fourth-order valence-corrected chi connectivity index (χ4v) is 6.90. The molecule has 4 aliphatic rings. The third-order valence-corrected chi connectivity index (χ3v) is 8.44. The highest BCUT2D eigenvalue weighted by Crippen LogP contribution is 2.65. The van der Waals surface area contributed by atoms with Gasteiger partial charge in [-0.2, -0.15) is 4.31 Å². The maximum Gasteiger partial charge on any atom is 0.245 e. The van der Waals surface area contributed by atoms with Gasteiger partial charge in [0.2, 0.25) is 10.0 Å². The van der Waals surface area contributed by atoms with E-state index in [-0.39, 0.29) is 10.9 Å². The molecular formula is C17H23NO3S. The van der Waals surface area contributed by atoms with Crippen LogP contribution in [0.4, 0.5) is 0 Å². The zero-order chi connectivity index (χ0) is 15.7. The van der Waals surface area contributed by atoms with E-state index in [1.165, 1.54) is 10.7 Å². The molecule has 0 amide bonds. The van der Waals surface area contributed by atoms with Crippen LogP contribution in [-0.2, 0) is 10.0 Å². The number of benzene rings is 1. The van der Waals surface area contributed by atoms with E-state index in [1.807, 2.05) is 0 Å². The van der Waals surface area contributed by atoms with E-state index in [1.54, 1.807) is 30.3 Å². The average molecular weight is 321 g/mol. The molecule has 22 heavy (non-hydrogen) atoms. The van der Waals surface area contributed by atoms with Crippen molar-refractivity contribution >= 4 is 10.0 Å². The molecule has 1 aromatic carbocycles. The van der Waals surface area contributed by atoms with Crippen molar-refractivity contribution in [2.75, 3.05) is 0 Å². The zero-order valence-corrected chi connectivity index (χ0v) is 13.8. The lowest BCUT2D eigenvalue weighted by molar-refractivity contribution is -0.117. The molecule has 0 aromatic heterocycles. The van der Waals surface area contributed by atoms with E-state index in [2.05, 4.69) is 13.8 Å². The normalized spacial score (nSPS) is 40.0. The number of aliphatic hydroxyl groups excluding tert-OH is 1. The molecule has 1 saturated heterocycles. The number of hydrogen-bond acceptors (Lipinski definition) is 3. The lowest BCUT2D eigenvalue weighted by Gasteiger charge is -2.61. The van der Waals surface area contributed by atoms with Crippen molar-refractivity contribution in [3.8, 4) is 0 Å². The second-order valence-electron chi connectivity index (χ2n) is 7.69. The Kier molecular flexibility index (Phi) is 3.04. The van der Waals surface area contributed by atoms with Crippen LogP contribution in [0.25, 0.3) is 0 Å². The highest BCUT2D eigenvalue weighted by Gasteiger charge is 2.63. The maximum absolute atomic E-state index is 12.9. The maximum atomic E-state index is 12.9. The zero-order valence-electron chi connectivity index (χ0n) is 13.0. The first kappa shape index (κ1) is 14.7. The average Bonchev–Trinajstić information content (AvgIpc) is 2.84. The molecule has 1 aromatic rings. The van der Waals surface area contributed by atoms with Gasteiger partial charge in [-0.3, -0.25) is 0 Å². The summed E-state index contributed by atoms with van der Waals surface area (Å²) in [6, 6.07) is 8.46. The summed E-state index contributed by atoms with van der Waals surface area (Å²) in [6.45, 7) is 4.59. The van der Waals surface area contributed by atoms with Gasteiger partial charge in [-0.15, -0.1) is 0 Å². The Bertz CT molecular complexity index is 685. The molecule has 0 spiro atoms. The second kappa shape index (κ2) is 4.56. The van der Waals surface area contributed by atoms with E-state index in [0.717, 1.165) is 6.42 Å². The molecule has 1 aliphatic heterocycles. The van der Waals surface area contributed by atoms with Gasteiger partial charge >= 0.3 is 0 Å². The van der Waals surface area contributed by atoms with Crippen LogP contribution in [0.15, 0.2) is 35.2 Å². The third kappa shape index (κ3) is 1.79. The predicted molar refractivity (Wildman–Crippen MR) is 83.4 cm³/mol.